The van der Waals surface area contributed by atoms with Crippen LogP contribution in [-0.2, 0) is 10.3 Å². The van der Waals surface area contributed by atoms with Crippen LogP contribution in [0.2, 0.25) is 5.02 Å². The molecule has 2 aromatic rings. The summed E-state index contributed by atoms with van der Waals surface area (Å²) in [7, 11) is 1.34. The van der Waals surface area contributed by atoms with Crippen LogP contribution in [0, 0.1) is 5.82 Å². The zero-order valence-corrected chi connectivity index (χ0v) is 15.3. The Bertz CT molecular complexity index is 949. The van der Waals surface area contributed by atoms with Crippen LogP contribution in [0.3, 0.4) is 0 Å². The van der Waals surface area contributed by atoms with Gasteiger partial charge in [-0.25, -0.2) is 9.18 Å². The molecule has 1 atom stereocenters. The molecule has 3 rings (SSSR count). The molecule has 1 aliphatic rings. The van der Waals surface area contributed by atoms with Crippen molar-refractivity contribution in [3.63, 3.8) is 0 Å². The molecule has 3 amide bonds. The molecule has 8 heteroatoms. The molecule has 1 heterocycles. The first kappa shape index (κ1) is 18.8. The first-order chi connectivity index (χ1) is 12.8. The van der Waals surface area contributed by atoms with Crippen LogP contribution in [0.15, 0.2) is 42.5 Å². The van der Waals surface area contributed by atoms with Gasteiger partial charge in [-0.1, -0.05) is 29.8 Å². The molecule has 0 aliphatic carbocycles. The number of rotatable bonds is 5. The van der Waals surface area contributed by atoms with Crippen LogP contribution < -0.4 is 10.1 Å². The topological polar surface area (TPSA) is 75.7 Å². The summed E-state index contributed by atoms with van der Waals surface area (Å²) in [6.45, 7) is 0.964. The molecule has 1 aliphatic heterocycles. The van der Waals surface area contributed by atoms with Crippen LogP contribution in [0.1, 0.15) is 22.8 Å². The predicted molar refractivity (Wildman–Crippen MR) is 96.3 cm³/mol. The fourth-order valence-corrected chi connectivity index (χ4v) is 3.34. The van der Waals surface area contributed by atoms with Crippen LogP contribution in [-0.4, -0.2) is 36.3 Å². The van der Waals surface area contributed by atoms with Crippen molar-refractivity contribution in [2.45, 2.75) is 12.5 Å². The number of amides is 3. The lowest BCUT2D eigenvalue weighted by atomic mass is 9.92. The number of imide groups is 1. The van der Waals surface area contributed by atoms with Crippen LogP contribution >= 0.6 is 11.6 Å². The van der Waals surface area contributed by atoms with E-state index in [9.17, 15) is 18.8 Å². The molecule has 1 fully saturated rings. The number of carbonyl (C=O) groups is 3. The largest absolute Gasteiger partial charge is 0.496 e. The number of hydrogen-bond donors (Lipinski definition) is 1. The maximum Gasteiger partial charge on any atom is 0.325 e. The molecule has 27 heavy (non-hydrogen) atoms. The minimum Gasteiger partial charge on any atom is -0.496 e. The lowest BCUT2D eigenvalue weighted by molar-refractivity contribution is -0.130. The Morgan fingerprint density at radius 3 is 2.63 bits per heavy atom. The number of benzene rings is 2. The van der Waals surface area contributed by atoms with Crippen LogP contribution in [0.4, 0.5) is 9.18 Å². The van der Waals surface area contributed by atoms with Gasteiger partial charge >= 0.3 is 6.03 Å². The molecular weight excluding hydrogens is 375 g/mol. The van der Waals surface area contributed by atoms with Gasteiger partial charge in [0.15, 0.2) is 5.78 Å². The van der Waals surface area contributed by atoms with Crippen molar-refractivity contribution in [1.29, 1.82) is 0 Å². The maximum absolute atomic E-state index is 13.5. The first-order valence-electron chi connectivity index (χ1n) is 8.04. The Labute approximate surface area is 159 Å². The molecular formula is C19H16ClFN2O4. The standard InChI is InChI=1S/C19H16ClFN2O4/c1-19(13-5-3-4-6-14(13)20)17(25)23(18(26)22-19)10-15(24)12-9-11(21)7-8-16(12)27-2/h3-9H,10H2,1-2H3,(H,22,26). The quantitative estimate of drug-likeness (QED) is 0.628. The Morgan fingerprint density at radius 2 is 1.96 bits per heavy atom. The van der Waals surface area contributed by atoms with Gasteiger partial charge in [-0.2, -0.15) is 0 Å². The normalized spacial score (nSPS) is 19.2. The minimum atomic E-state index is -1.40. The molecule has 0 aromatic heterocycles. The smallest absolute Gasteiger partial charge is 0.325 e. The van der Waals surface area contributed by atoms with Crippen molar-refractivity contribution in [3.8, 4) is 5.75 Å². The predicted octanol–water partition coefficient (Wildman–Crippen LogP) is 3.14. The van der Waals surface area contributed by atoms with E-state index >= 15 is 0 Å². The van der Waals surface area contributed by atoms with Gasteiger partial charge in [-0.15, -0.1) is 0 Å². The summed E-state index contributed by atoms with van der Waals surface area (Å²) in [6, 6.07) is 9.36. The van der Waals surface area contributed by atoms with E-state index in [1.165, 1.54) is 20.1 Å². The van der Waals surface area contributed by atoms with Crippen molar-refractivity contribution >= 4 is 29.3 Å². The molecule has 2 aromatic carbocycles. The van der Waals surface area contributed by atoms with E-state index in [2.05, 4.69) is 5.32 Å². The van der Waals surface area contributed by atoms with Crippen molar-refractivity contribution in [2.24, 2.45) is 0 Å². The number of methoxy groups -OCH3 is 1. The first-order valence-corrected chi connectivity index (χ1v) is 8.41. The van der Waals surface area contributed by atoms with Gasteiger partial charge in [0, 0.05) is 10.6 Å². The molecule has 140 valence electrons. The third kappa shape index (κ3) is 3.26. The summed E-state index contributed by atoms with van der Waals surface area (Å²) in [4.78, 5) is 38.7. The second-order valence-corrected chi connectivity index (χ2v) is 6.60. The van der Waals surface area contributed by atoms with Gasteiger partial charge < -0.3 is 10.1 Å². The van der Waals surface area contributed by atoms with E-state index in [1.54, 1.807) is 24.3 Å². The number of Topliss-reactive ketones (excluding diaryl/α,β-unsaturated/α-hetero) is 1. The lowest BCUT2D eigenvalue weighted by Crippen LogP contribution is -2.41. The summed E-state index contributed by atoms with van der Waals surface area (Å²) in [6.07, 6.45) is 0. The third-order valence-corrected chi connectivity index (χ3v) is 4.78. The van der Waals surface area contributed by atoms with Gasteiger partial charge in [-0.3, -0.25) is 14.5 Å². The number of carbonyl (C=O) groups excluding carboxylic acids is 3. The fraction of sp³-hybridized carbons (Fsp3) is 0.211. The van der Waals surface area contributed by atoms with Gasteiger partial charge in [0.05, 0.1) is 19.2 Å². The Kier molecular flexibility index (Phi) is 4.89. The molecule has 0 bridgehead atoms. The van der Waals surface area contributed by atoms with Gasteiger partial charge in [0.2, 0.25) is 0 Å². The van der Waals surface area contributed by atoms with Crippen molar-refractivity contribution in [1.82, 2.24) is 10.2 Å². The van der Waals surface area contributed by atoms with Crippen molar-refractivity contribution in [2.75, 3.05) is 13.7 Å². The van der Waals surface area contributed by atoms with Crippen molar-refractivity contribution in [3.05, 3.63) is 64.4 Å². The Morgan fingerprint density at radius 1 is 1.26 bits per heavy atom. The average molecular weight is 391 g/mol. The van der Waals surface area contributed by atoms with E-state index in [0.29, 0.717) is 10.6 Å². The van der Waals surface area contributed by atoms with E-state index in [1.807, 2.05) is 0 Å². The van der Waals surface area contributed by atoms with E-state index in [0.717, 1.165) is 17.0 Å². The second kappa shape index (κ2) is 7.00. The SMILES string of the molecule is COc1ccc(F)cc1C(=O)CN1C(=O)NC(C)(c2ccccc2Cl)C1=O. The average Bonchev–Trinajstić information content (AvgIpc) is 2.85. The lowest BCUT2D eigenvalue weighted by Gasteiger charge is -2.23. The number of urea groups is 1. The highest BCUT2D eigenvalue weighted by molar-refractivity contribution is 6.32. The summed E-state index contributed by atoms with van der Waals surface area (Å²) in [5.41, 5.74) is -1.03. The monoisotopic (exact) mass is 390 g/mol. The minimum absolute atomic E-state index is 0.0514. The highest BCUT2D eigenvalue weighted by atomic mass is 35.5. The number of nitrogens with zero attached hydrogens (tertiary/aromatic N) is 1. The third-order valence-electron chi connectivity index (χ3n) is 4.45. The highest BCUT2D eigenvalue weighted by Gasteiger charge is 2.50. The zero-order valence-electron chi connectivity index (χ0n) is 14.6. The Balaban J connectivity index is 1.90. The van der Waals surface area contributed by atoms with Gasteiger partial charge in [0.25, 0.3) is 5.91 Å². The van der Waals surface area contributed by atoms with E-state index in [4.69, 9.17) is 16.3 Å². The number of ether oxygens (including phenoxy) is 1. The molecule has 0 spiro atoms. The molecule has 6 nitrogen and oxygen atoms in total. The molecule has 0 saturated carbocycles. The fourth-order valence-electron chi connectivity index (χ4n) is 3.02. The van der Waals surface area contributed by atoms with Crippen LogP contribution in [0.25, 0.3) is 0 Å². The molecule has 1 unspecified atom stereocenters. The van der Waals surface area contributed by atoms with Gasteiger partial charge in [0.1, 0.15) is 17.1 Å². The zero-order chi connectivity index (χ0) is 19.8. The summed E-state index contributed by atoms with van der Waals surface area (Å²) >= 11 is 6.17. The maximum atomic E-state index is 13.5. The van der Waals surface area contributed by atoms with E-state index < -0.39 is 35.6 Å². The van der Waals surface area contributed by atoms with Gasteiger partial charge in [-0.05, 0) is 31.2 Å². The number of halogens is 2. The van der Waals surface area contributed by atoms with Crippen LogP contribution in [0.5, 0.6) is 5.75 Å². The molecule has 1 saturated heterocycles. The second-order valence-electron chi connectivity index (χ2n) is 6.19. The number of nitrogens with one attached hydrogen (secondary N) is 1. The number of ketones is 1. The van der Waals surface area contributed by atoms with E-state index in [-0.39, 0.29) is 11.3 Å². The van der Waals surface area contributed by atoms with Crippen molar-refractivity contribution < 1.29 is 23.5 Å². The summed E-state index contributed by atoms with van der Waals surface area (Å²) in [5.74, 6) is -1.72. The molecule has 0 radical (unpaired) electrons. The highest BCUT2D eigenvalue weighted by Crippen LogP contribution is 2.33. The number of hydrogen-bond acceptors (Lipinski definition) is 4. The molecule has 1 N–H and O–H groups in total. The summed E-state index contributed by atoms with van der Waals surface area (Å²) < 4.78 is 18.6. The summed E-state index contributed by atoms with van der Waals surface area (Å²) in [5, 5.41) is 2.89. The Hall–Kier alpha value is -2.93.